The predicted octanol–water partition coefficient (Wildman–Crippen LogP) is 6.33. The maximum Gasteiger partial charge on any atom is 0.269 e. The number of carbonyl (C=O) groups excluding carboxylic acids is 5. The van der Waals surface area contributed by atoms with Gasteiger partial charge in [0.15, 0.2) is 5.82 Å². The van der Waals surface area contributed by atoms with Crippen molar-refractivity contribution in [2.45, 2.75) is 57.3 Å². The summed E-state index contributed by atoms with van der Waals surface area (Å²) < 4.78 is 22.5. The summed E-state index contributed by atoms with van der Waals surface area (Å²) in [6.45, 7) is 5.47. The number of aromatic nitrogens is 1. The molecule has 5 heterocycles. The van der Waals surface area contributed by atoms with Crippen LogP contribution in [0.25, 0.3) is 22.0 Å². The molecule has 4 aromatic rings. The van der Waals surface area contributed by atoms with Gasteiger partial charge >= 0.3 is 0 Å². The van der Waals surface area contributed by atoms with Gasteiger partial charge in [-0.15, -0.1) is 0 Å². The average molecular weight is 811 g/mol. The number of anilines is 1. The van der Waals surface area contributed by atoms with E-state index in [0.717, 1.165) is 55.6 Å². The monoisotopic (exact) mass is 810 g/mol. The molecule has 4 aliphatic rings. The zero-order chi connectivity index (χ0) is 41.0. The lowest BCUT2D eigenvalue weighted by Gasteiger charge is -2.54. The molecule has 58 heavy (non-hydrogen) atoms. The maximum atomic E-state index is 16.5. The van der Waals surface area contributed by atoms with Gasteiger partial charge in [0.25, 0.3) is 11.8 Å². The van der Waals surface area contributed by atoms with E-state index in [4.69, 9.17) is 16.3 Å². The Balaban J connectivity index is 0.999. The minimum absolute atomic E-state index is 0.0122. The first-order chi connectivity index (χ1) is 27.8. The van der Waals surface area contributed by atoms with Gasteiger partial charge in [0.1, 0.15) is 11.4 Å². The minimum atomic E-state index is -0.575. The third-order valence-corrected chi connectivity index (χ3v) is 13.0. The van der Waals surface area contributed by atoms with Gasteiger partial charge in [0.05, 0.1) is 18.5 Å². The van der Waals surface area contributed by atoms with Crippen LogP contribution in [-0.2, 0) is 14.4 Å². The number of fused-ring (bicyclic) bond motifs is 1. The number of halogens is 2. The number of H-pyrrole nitrogens is 1. The first-order valence-electron chi connectivity index (χ1n) is 19.9. The molecule has 0 aliphatic carbocycles. The molecule has 1 spiro atoms. The fourth-order valence-corrected chi connectivity index (χ4v) is 9.60. The van der Waals surface area contributed by atoms with Crippen molar-refractivity contribution < 1.29 is 33.1 Å². The summed E-state index contributed by atoms with van der Waals surface area (Å²) in [6.07, 6.45) is 3.88. The number of imide groups is 1. The standard InChI is InChI=1S/C44H48ClFN6O6/c1-25(53)51-15-5-6-27(22-51)31-20-32(34-21-36(43(57)49(2)3)47-40(34)39(31)46)29-9-8-28(19-37(29)58-4)50-16-13-44(14-17-50)23-52(24-44)42(56)26-7-11-35(45)33(18-26)30-10-12-38(54)48-41(30)55/h7-9,11,18-21,27,30,47H,5-6,10,12-17,22-24H2,1-4H3,(H,48,54,55). The van der Waals surface area contributed by atoms with Crippen LogP contribution in [0.15, 0.2) is 48.5 Å². The summed E-state index contributed by atoms with van der Waals surface area (Å²) in [6, 6.07) is 14.7. The van der Waals surface area contributed by atoms with Gasteiger partial charge in [-0.05, 0) is 91.3 Å². The summed E-state index contributed by atoms with van der Waals surface area (Å²) >= 11 is 6.46. The summed E-state index contributed by atoms with van der Waals surface area (Å²) in [4.78, 5) is 73.7. The molecule has 2 unspecified atom stereocenters. The van der Waals surface area contributed by atoms with Crippen LogP contribution in [0.1, 0.15) is 89.3 Å². The molecular formula is C44H48ClFN6O6. The molecule has 0 bridgehead atoms. The highest BCUT2D eigenvalue weighted by atomic mass is 35.5. The first kappa shape index (κ1) is 39.4. The van der Waals surface area contributed by atoms with Crippen LogP contribution in [0.5, 0.6) is 5.75 Å². The van der Waals surface area contributed by atoms with Crippen molar-refractivity contribution in [3.05, 3.63) is 81.8 Å². The molecule has 4 saturated heterocycles. The van der Waals surface area contributed by atoms with Crippen molar-refractivity contribution >= 4 is 57.7 Å². The van der Waals surface area contributed by atoms with Crippen molar-refractivity contribution in [2.75, 3.05) is 65.4 Å². The highest BCUT2D eigenvalue weighted by molar-refractivity contribution is 6.32. The smallest absolute Gasteiger partial charge is 0.269 e. The number of hydrogen-bond donors (Lipinski definition) is 2. The molecule has 304 valence electrons. The van der Waals surface area contributed by atoms with Crippen LogP contribution in [-0.4, -0.2) is 110 Å². The number of likely N-dealkylation sites (tertiary alicyclic amines) is 2. The third kappa shape index (κ3) is 7.18. The van der Waals surface area contributed by atoms with Gasteiger partial charge in [0.2, 0.25) is 17.7 Å². The van der Waals surface area contributed by atoms with E-state index < -0.39 is 17.6 Å². The third-order valence-electron chi connectivity index (χ3n) is 12.7. The molecule has 4 fully saturated rings. The van der Waals surface area contributed by atoms with Gasteiger partial charge < -0.3 is 29.3 Å². The van der Waals surface area contributed by atoms with E-state index in [1.807, 2.05) is 23.1 Å². The molecule has 2 N–H and O–H groups in total. The maximum absolute atomic E-state index is 16.5. The zero-order valence-electron chi connectivity index (χ0n) is 33.3. The Morgan fingerprint density at radius 3 is 2.38 bits per heavy atom. The van der Waals surface area contributed by atoms with Crippen molar-refractivity contribution in [2.24, 2.45) is 5.41 Å². The molecule has 14 heteroatoms. The molecular weight excluding hydrogens is 763 g/mol. The Morgan fingerprint density at radius 2 is 1.69 bits per heavy atom. The SMILES string of the molecule is COc1cc(N2CCC3(CC2)CN(C(=O)c2ccc(Cl)c(C4CCC(=O)NC4=O)c2)C3)ccc1-c1cc(C2CCCN(C(C)=O)C2)c(F)c2[nH]c(C(=O)N(C)C)cc12. The molecule has 5 amide bonds. The van der Waals surface area contributed by atoms with E-state index in [-0.39, 0.29) is 52.6 Å². The lowest BCUT2D eigenvalue weighted by molar-refractivity contribution is -0.134. The molecule has 0 radical (unpaired) electrons. The van der Waals surface area contributed by atoms with E-state index in [1.165, 1.54) is 4.90 Å². The molecule has 8 rings (SSSR count). The first-order valence-corrected chi connectivity index (χ1v) is 20.3. The largest absolute Gasteiger partial charge is 0.496 e. The Bertz CT molecular complexity index is 2340. The number of methoxy groups -OCH3 is 1. The highest BCUT2D eigenvalue weighted by Crippen LogP contribution is 2.45. The van der Waals surface area contributed by atoms with E-state index in [1.54, 1.807) is 57.3 Å². The van der Waals surface area contributed by atoms with Crippen LogP contribution in [0.2, 0.25) is 5.02 Å². The van der Waals surface area contributed by atoms with Gasteiger partial charge in [0, 0.05) is 111 Å². The molecule has 3 aromatic carbocycles. The average Bonchev–Trinajstić information content (AvgIpc) is 3.66. The van der Waals surface area contributed by atoms with Crippen LogP contribution in [0.3, 0.4) is 0 Å². The van der Waals surface area contributed by atoms with Gasteiger partial charge in [-0.3, -0.25) is 29.3 Å². The molecule has 12 nitrogen and oxygen atoms in total. The summed E-state index contributed by atoms with van der Waals surface area (Å²) in [5.74, 6) is -1.67. The number of ether oxygens (including phenoxy) is 1. The van der Waals surface area contributed by atoms with E-state index >= 15 is 4.39 Å². The second-order valence-corrected chi connectivity index (χ2v) is 17.0. The number of nitrogens with zero attached hydrogens (tertiary/aromatic N) is 4. The van der Waals surface area contributed by atoms with Gasteiger partial charge in [-0.2, -0.15) is 0 Å². The van der Waals surface area contributed by atoms with Crippen LogP contribution < -0.4 is 15.0 Å². The quantitative estimate of drug-likeness (QED) is 0.209. The molecule has 4 aliphatic heterocycles. The Hall–Kier alpha value is -5.43. The van der Waals surface area contributed by atoms with Crippen molar-refractivity contribution in [3.8, 4) is 16.9 Å². The van der Waals surface area contributed by atoms with Crippen LogP contribution in [0, 0.1) is 11.2 Å². The Morgan fingerprint density at radius 1 is 0.931 bits per heavy atom. The van der Waals surface area contributed by atoms with Crippen LogP contribution in [0.4, 0.5) is 10.1 Å². The summed E-state index contributed by atoms with van der Waals surface area (Å²) in [5.41, 5.74) is 4.60. The normalized spacial score (nSPS) is 20.6. The van der Waals surface area contributed by atoms with E-state index in [2.05, 4.69) is 21.3 Å². The van der Waals surface area contributed by atoms with Crippen LogP contribution >= 0.6 is 11.6 Å². The van der Waals surface area contributed by atoms with E-state index in [0.29, 0.717) is 65.4 Å². The van der Waals surface area contributed by atoms with Crippen molar-refractivity contribution in [1.29, 1.82) is 0 Å². The predicted molar refractivity (Wildman–Crippen MR) is 219 cm³/mol. The number of rotatable bonds is 7. The number of carbonyl (C=O) groups is 5. The lowest BCUT2D eigenvalue weighted by atomic mass is 9.71. The molecule has 2 atom stereocenters. The minimum Gasteiger partial charge on any atom is -0.496 e. The molecule has 0 saturated carbocycles. The lowest BCUT2D eigenvalue weighted by Crippen LogP contribution is -2.62. The fourth-order valence-electron chi connectivity index (χ4n) is 9.35. The summed E-state index contributed by atoms with van der Waals surface area (Å²) in [7, 11) is 4.93. The fraction of sp³-hybridized carbons (Fsp3) is 0.432. The number of amides is 5. The highest BCUT2D eigenvalue weighted by Gasteiger charge is 2.47. The summed E-state index contributed by atoms with van der Waals surface area (Å²) in [5, 5.41) is 3.35. The number of nitrogens with one attached hydrogen (secondary N) is 2. The second-order valence-electron chi connectivity index (χ2n) is 16.6. The van der Waals surface area contributed by atoms with Crippen molar-refractivity contribution in [1.82, 2.24) is 25.0 Å². The topological polar surface area (TPSA) is 135 Å². The Kier molecular flexibility index (Phi) is 10.5. The Labute approximate surface area is 341 Å². The molecule has 1 aromatic heterocycles. The number of hydrogen-bond acceptors (Lipinski definition) is 7. The van der Waals surface area contributed by atoms with E-state index in [9.17, 15) is 24.0 Å². The second kappa shape index (κ2) is 15.4. The van der Waals surface area contributed by atoms with Crippen molar-refractivity contribution in [3.63, 3.8) is 0 Å². The number of benzene rings is 3. The number of aromatic amines is 1. The van der Waals surface area contributed by atoms with Gasteiger partial charge in [-0.1, -0.05) is 11.6 Å². The van der Waals surface area contributed by atoms with Gasteiger partial charge in [-0.25, -0.2) is 4.39 Å². The number of piperidine rings is 3. The zero-order valence-corrected chi connectivity index (χ0v) is 34.0.